The summed E-state index contributed by atoms with van der Waals surface area (Å²) in [6.07, 6.45) is 2.48. The number of thioether (sulfide) groups is 1. The molecule has 0 heterocycles. The Morgan fingerprint density at radius 1 is 1.37 bits per heavy atom. The van der Waals surface area contributed by atoms with Crippen LogP contribution < -0.4 is 11.1 Å². The van der Waals surface area contributed by atoms with Gasteiger partial charge in [0.1, 0.15) is 6.04 Å². The Morgan fingerprint density at radius 2 is 2.00 bits per heavy atom. The van der Waals surface area contributed by atoms with E-state index in [1.165, 1.54) is 7.11 Å². The summed E-state index contributed by atoms with van der Waals surface area (Å²) < 4.78 is 4.68. The number of nitrogens with two attached hydrogens (primary N) is 1. The van der Waals surface area contributed by atoms with E-state index in [0.29, 0.717) is 17.7 Å². The second-order valence-corrected chi connectivity index (χ2v) is 4.94. The van der Waals surface area contributed by atoms with Gasteiger partial charge in [-0.1, -0.05) is 0 Å². The van der Waals surface area contributed by atoms with Crippen LogP contribution in [0.2, 0.25) is 0 Å². The first kappa shape index (κ1) is 15.4. The van der Waals surface area contributed by atoms with Crippen molar-refractivity contribution in [3.8, 4) is 0 Å². The van der Waals surface area contributed by atoms with Crippen molar-refractivity contribution in [2.75, 3.05) is 24.9 Å². The molecule has 1 rings (SSSR count). The van der Waals surface area contributed by atoms with Crippen LogP contribution in [0.3, 0.4) is 0 Å². The fraction of sp³-hybridized carbons (Fsp3) is 0.385. The van der Waals surface area contributed by atoms with Gasteiger partial charge in [0.25, 0.3) is 5.91 Å². The van der Waals surface area contributed by atoms with Crippen LogP contribution in [-0.2, 0) is 9.53 Å². The monoisotopic (exact) mass is 282 g/mol. The fourth-order valence-corrected chi connectivity index (χ4v) is 1.97. The second-order valence-electron chi connectivity index (χ2n) is 3.95. The Morgan fingerprint density at radius 3 is 2.53 bits per heavy atom. The molecule has 0 saturated heterocycles. The maximum absolute atomic E-state index is 12.0. The quantitative estimate of drug-likeness (QED) is 0.607. The number of hydrogen-bond donors (Lipinski definition) is 2. The molecule has 0 radical (unpaired) electrons. The van der Waals surface area contributed by atoms with Crippen molar-refractivity contribution < 1.29 is 14.3 Å². The highest BCUT2D eigenvalue weighted by atomic mass is 32.2. The van der Waals surface area contributed by atoms with Gasteiger partial charge in [0, 0.05) is 11.3 Å². The van der Waals surface area contributed by atoms with E-state index < -0.39 is 12.0 Å². The summed E-state index contributed by atoms with van der Waals surface area (Å²) in [4.78, 5) is 23.6. The summed E-state index contributed by atoms with van der Waals surface area (Å²) in [6.45, 7) is 0. The van der Waals surface area contributed by atoms with Gasteiger partial charge in [-0.15, -0.1) is 0 Å². The summed E-state index contributed by atoms with van der Waals surface area (Å²) in [5.74, 6) is 0.0243. The predicted octanol–water partition coefficient (Wildman–Crippen LogP) is 1.29. The number of methoxy groups -OCH3 is 1. The molecule has 0 aliphatic heterocycles. The zero-order valence-electron chi connectivity index (χ0n) is 11.0. The van der Waals surface area contributed by atoms with Gasteiger partial charge in [0.15, 0.2) is 0 Å². The molecule has 1 atom stereocenters. The molecule has 0 spiro atoms. The van der Waals surface area contributed by atoms with E-state index in [-0.39, 0.29) is 5.91 Å². The van der Waals surface area contributed by atoms with Gasteiger partial charge >= 0.3 is 5.97 Å². The van der Waals surface area contributed by atoms with Gasteiger partial charge in [-0.3, -0.25) is 4.79 Å². The first-order valence-electron chi connectivity index (χ1n) is 5.81. The van der Waals surface area contributed by atoms with Crippen LogP contribution in [0, 0.1) is 0 Å². The van der Waals surface area contributed by atoms with E-state index in [9.17, 15) is 9.59 Å². The van der Waals surface area contributed by atoms with Crippen LogP contribution in [0.4, 0.5) is 5.69 Å². The number of ether oxygens (including phenoxy) is 1. The average Bonchev–Trinajstić information content (AvgIpc) is 2.43. The minimum Gasteiger partial charge on any atom is -0.467 e. The summed E-state index contributed by atoms with van der Waals surface area (Å²) in [5, 5.41) is 2.67. The molecule has 3 N–H and O–H groups in total. The molecule has 6 heteroatoms. The minimum atomic E-state index is -0.623. The number of carbonyl (C=O) groups excluding carboxylic acids is 2. The third kappa shape index (κ3) is 4.82. The van der Waals surface area contributed by atoms with Crippen molar-refractivity contribution in [2.24, 2.45) is 0 Å². The number of nitrogens with one attached hydrogen (secondary N) is 1. The highest BCUT2D eigenvalue weighted by Gasteiger charge is 2.21. The zero-order chi connectivity index (χ0) is 14.3. The minimum absolute atomic E-state index is 0.309. The Labute approximate surface area is 116 Å². The molecule has 19 heavy (non-hydrogen) atoms. The van der Waals surface area contributed by atoms with E-state index >= 15 is 0 Å². The van der Waals surface area contributed by atoms with Crippen LogP contribution in [0.5, 0.6) is 0 Å². The van der Waals surface area contributed by atoms with Crippen molar-refractivity contribution in [1.29, 1.82) is 0 Å². The Bertz CT molecular complexity index is 434. The zero-order valence-corrected chi connectivity index (χ0v) is 11.8. The molecule has 1 aromatic carbocycles. The smallest absolute Gasteiger partial charge is 0.328 e. The van der Waals surface area contributed by atoms with Crippen LogP contribution in [0.1, 0.15) is 16.8 Å². The molecule has 0 fully saturated rings. The number of benzene rings is 1. The maximum Gasteiger partial charge on any atom is 0.328 e. The first-order chi connectivity index (χ1) is 9.08. The Balaban J connectivity index is 2.69. The lowest BCUT2D eigenvalue weighted by Gasteiger charge is -2.16. The number of nitrogen functional groups attached to an aromatic ring is 1. The summed E-state index contributed by atoms with van der Waals surface area (Å²) >= 11 is 1.61. The number of carbonyl (C=O) groups is 2. The number of anilines is 1. The fourth-order valence-electron chi connectivity index (χ4n) is 1.50. The van der Waals surface area contributed by atoms with Crippen molar-refractivity contribution in [1.82, 2.24) is 5.32 Å². The highest BCUT2D eigenvalue weighted by molar-refractivity contribution is 7.98. The standard InChI is InChI=1S/C13H18N2O3S/c1-18-13(17)11(7-8-19-2)15-12(16)9-3-5-10(14)6-4-9/h3-6,11H,7-8,14H2,1-2H3,(H,15,16)/t11-/m1/s1. The van der Waals surface area contributed by atoms with Crippen molar-refractivity contribution in [3.63, 3.8) is 0 Å². The van der Waals surface area contributed by atoms with Crippen molar-refractivity contribution >= 4 is 29.3 Å². The van der Waals surface area contributed by atoms with Crippen LogP contribution in [0.25, 0.3) is 0 Å². The third-order valence-electron chi connectivity index (χ3n) is 2.57. The van der Waals surface area contributed by atoms with Gasteiger partial charge in [-0.25, -0.2) is 4.79 Å². The van der Waals surface area contributed by atoms with Crippen LogP contribution in [0.15, 0.2) is 24.3 Å². The van der Waals surface area contributed by atoms with Gasteiger partial charge in [0.2, 0.25) is 0 Å². The predicted molar refractivity (Wildman–Crippen MR) is 77.1 cm³/mol. The second kappa shape index (κ2) is 7.68. The van der Waals surface area contributed by atoms with E-state index in [0.717, 1.165) is 5.75 Å². The van der Waals surface area contributed by atoms with Gasteiger partial charge < -0.3 is 15.8 Å². The van der Waals surface area contributed by atoms with E-state index in [4.69, 9.17) is 5.73 Å². The topological polar surface area (TPSA) is 81.4 Å². The van der Waals surface area contributed by atoms with Gasteiger partial charge in [-0.05, 0) is 42.7 Å². The number of esters is 1. The number of rotatable bonds is 6. The Kier molecular flexibility index (Phi) is 6.21. The molecule has 104 valence electrons. The summed E-state index contributed by atoms with van der Waals surface area (Å²) in [5.41, 5.74) is 6.61. The molecular weight excluding hydrogens is 264 g/mol. The lowest BCUT2D eigenvalue weighted by molar-refractivity contribution is -0.142. The number of amides is 1. The first-order valence-corrected chi connectivity index (χ1v) is 7.21. The largest absolute Gasteiger partial charge is 0.467 e. The molecule has 0 aliphatic carbocycles. The van der Waals surface area contributed by atoms with E-state index in [1.54, 1.807) is 36.0 Å². The molecule has 0 bridgehead atoms. The SMILES string of the molecule is COC(=O)[C@@H](CCSC)NC(=O)c1ccc(N)cc1. The molecule has 0 saturated carbocycles. The molecular formula is C13H18N2O3S. The molecule has 0 aromatic heterocycles. The molecule has 5 nitrogen and oxygen atoms in total. The lowest BCUT2D eigenvalue weighted by atomic mass is 10.1. The summed E-state index contributed by atoms with van der Waals surface area (Å²) in [7, 11) is 1.31. The molecule has 0 aliphatic rings. The Hall–Kier alpha value is -1.69. The molecule has 1 amide bonds. The molecule has 1 aromatic rings. The van der Waals surface area contributed by atoms with Crippen LogP contribution >= 0.6 is 11.8 Å². The normalized spacial score (nSPS) is 11.7. The average molecular weight is 282 g/mol. The highest BCUT2D eigenvalue weighted by Crippen LogP contribution is 2.07. The third-order valence-corrected chi connectivity index (χ3v) is 3.22. The van der Waals surface area contributed by atoms with Gasteiger partial charge in [-0.2, -0.15) is 11.8 Å². The molecule has 0 unspecified atom stereocenters. The van der Waals surface area contributed by atoms with E-state index in [1.807, 2.05) is 6.26 Å². The van der Waals surface area contributed by atoms with E-state index in [2.05, 4.69) is 10.1 Å². The lowest BCUT2D eigenvalue weighted by Crippen LogP contribution is -2.41. The van der Waals surface area contributed by atoms with Gasteiger partial charge in [0.05, 0.1) is 7.11 Å². The maximum atomic E-state index is 12.0. The van der Waals surface area contributed by atoms with Crippen molar-refractivity contribution in [2.45, 2.75) is 12.5 Å². The van der Waals surface area contributed by atoms with Crippen LogP contribution in [-0.4, -0.2) is 37.0 Å². The summed E-state index contributed by atoms with van der Waals surface area (Å²) in [6, 6.07) is 5.90. The van der Waals surface area contributed by atoms with Crippen molar-refractivity contribution in [3.05, 3.63) is 29.8 Å². The number of hydrogen-bond acceptors (Lipinski definition) is 5.